The summed E-state index contributed by atoms with van der Waals surface area (Å²) >= 11 is 1.57. The van der Waals surface area contributed by atoms with Crippen LogP contribution in [0, 0.1) is 6.92 Å². The van der Waals surface area contributed by atoms with Crippen molar-refractivity contribution in [1.29, 1.82) is 0 Å². The number of thiazole rings is 1. The molecule has 0 aliphatic rings. The molecule has 0 saturated heterocycles. The van der Waals surface area contributed by atoms with Crippen LogP contribution in [0.2, 0.25) is 0 Å². The molecule has 0 radical (unpaired) electrons. The number of benzene rings is 1. The Balaban J connectivity index is 1.65. The van der Waals surface area contributed by atoms with E-state index in [2.05, 4.69) is 10.3 Å². The molecule has 3 aromatic rings. The quantitative estimate of drug-likeness (QED) is 0.745. The molecule has 1 aromatic carbocycles. The van der Waals surface area contributed by atoms with Crippen LogP contribution in [0.15, 0.2) is 52.5 Å². The molecule has 0 saturated carbocycles. The molecular formula is C18H18N2O3S. The van der Waals surface area contributed by atoms with Gasteiger partial charge in [-0.25, -0.2) is 4.98 Å². The van der Waals surface area contributed by atoms with Crippen molar-refractivity contribution in [3.8, 4) is 10.6 Å². The van der Waals surface area contributed by atoms with Gasteiger partial charge in [-0.2, -0.15) is 0 Å². The Morgan fingerprint density at radius 2 is 2.08 bits per heavy atom. The minimum atomic E-state index is -1.25. The normalized spacial score (nSPS) is 13.5. The third-order valence-electron chi connectivity index (χ3n) is 3.66. The fourth-order valence-electron chi connectivity index (χ4n) is 2.28. The highest BCUT2D eigenvalue weighted by atomic mass is 32.1. The first kappa shape index (κ1) is 16.4. The van der Waals surface area contributed by atoms with Crippen LogP contribution < -0.4 is 5.32 Å². The molecule has 24 heavy (non-hydrogen) atoms. The van der Waals surface area contributed by atoms with Crippen molar-refractivity contribution in [2.45, 2.75) is 19.4 Å². The first-order valence-electron chi connectivity index (χ1n) is 7.53. The van der Waals surface area contributed by atoms with Crippen LogP contribution in [0.5, 0.6) is 0 Å². The number of amides is 1. The lowest BCUT2D eigenvalue weighted by molar-refractivity contribution is 0.0330. The molecule has 124 valence electrons. The topological polar surface area (TPSA) is 75.4 Å². The number of nitrogens with one attached hydrogen (secondary N) is 1. The van der Waals surface area contributed by atoms with Crippen LogP contribution in [-0.2, 0) is 5.60 Å². The third kappa shape index (κ3) is 3.55. The van der Waals surface area contributed by atoms with Crippen molar-refractivity contribution in [3.05, 3.63) is 65.1 Å². The zero-order valence-corrected chi connectivity index (χ0v) is 14.3. The molecule has 5 nitrogen and oxygen atoms in total. The lowest BCUT2D eigenvalue weighted by Gasteiger charge is -2.21. The van der Waals surface area contributed by atoms with Gasteiger partial charge in [0.15, 0.2) is 0 Å². The zero-order valence-electron chi connectivity index (χ0n) is 13.4. The van der Waals surface area contributed by atoms with Gasteiger partial charge in [0.05, 0.1) is 12.8 Å². The van der Waals surface area contributed by atoms with Gasteiger partial charge in [-0.1, -0.05) is 12.1 Å². The molecular weight excluding hydrogens is 324 g/mol. The predicted octanol–water partition coefficient (Wildman–Crippen LogP) is 3.35. The summed E-state index contributed by atoms with van der Waals surface area (Å²) in [4.78, 5) is 16.7. The van der Waals surface area contributed by atoms with E-state index in [1.807, 2.05) is 24.4 Å². The summed E-state index contributed by atoms with van der Waals surface area (Å²) in [5.74, 6) is 0.168. The van der Waals surface area contributed by atoms with E-state index in [0.29, 0.717) is 11.3 Å². The average Bonchev–Trinajstić information content (AvgIpc) is 3.25. The van der Waals surface area contributed by atoms with E-state index in [1.54, 1.807) is 42.5 Å². The molecule has 1 amide bonds. The maximum atomic E-state index is 12.2. The van der Waals surface area contributed by atoms with E-state index in [0.717, 1.165) is 16.3 Å². The summed E-state index contributed by atoms with van der Waals surface area (Å²) in [6, 6.07) is 10.6. The van der Waals surface area contributed by atoms with Crippen molar-refractivity contribution in [1.82, 2.24) is 10.3 Å². The summed E-state index contributed by atoms with van der Waals surface area (Å²) in [5.41, 5.74) is 1.24. The van der Waals surface area contributed by atoms with Gasteiger partial charge >= 0.3 is 0 Å². The molecule has 2 N–H and O–H groups in total. The molecule has 1 atom stereocenters. The van der Waals surface area contributed by atoms with Crippen LogP contribution >= 0.6 is 11.3 Å². The van der Waals surface area contributed by atoms with Crippen LogP contribution in [0.3, 0.4) is 0 Å². The molecule has 6 heteroatoms. The van der Waals surface area contributed by atoms with Crippen LogP contribution in [-0.4, -0.2) is 22.5 Å². The molecule has 0 fully saturated rings. The first-order valence-corrected chi connectivity index (χ1v) is 8.41. The maximum absolute atomic E-state index is 12.2. The summed E-state index contributed by atoms with van der Waals surface area (Å²) in [7, 11) is 0. The summed E-state index contributed by atoms with van der Waals surface area (Å²) in [6.45, 7) is 3.61. The number of furan rings is 1. The Bertz CT molecular complexity index is 820. The highest BCUT2D eigenvalue weighted by Gasteiger charge is 2.26. The molecule has 3 rings (SSSR count). The number of rotatable bonds is 5. The van der Waals surface area contributed by atoms with Crippen molar-refractivity contribution >= 4 is 17.2 Å². The fraction of sp³-hybridized carbons (Fsp3) is 0.222. The van der Waals surface area contributed by atoms with Crippen molar-refractivity contribution < 1.29 is 14.3 Å². The van der Waals surface area contributed by atoms with Gasteiger partial charge in [0.25, 0.3) is 5.91 Å². The highest BCUT2D eigenvalue weighted by Crippen LogP contribution is 2.24. The average molecular weight is 342 g/mol. The molecule has 0 aliphatic heterocycles. The number of nitrogens with zero attached hydrogens (tertiary/aromatic N) is 1. The van der Waals surface area contributed by atoms with E-state index < -0.39 is 5.60 Å². The Hall–Kier alpha value is -2.44. The third-order valence-corrected chi connectivity index (χ3v) is 4.67. The van der Waals surface area contributed by atoms with Gasteiger partial charge in [0.1, 0.15) is 16.4 Å². The molecule has 2 aromatic heterocycles. The smallest absolute Gasteiger partial charge is 0.251 e. The van der Waals surface area contributed by atoms with E-state index in [1.165, 1.54) is 6.26 Å². The number of aliphatic hydroxyl groups is 1. The predicted molar refractivity (Wildman–Crippen MR) is 92.9 cm³/mol. The number of hydrogen-bond acceptors (Lipinski definition) is 5. The van der Waals surface area contributed by atoms with Crippen molar-refractivity contribution in [2.24, 2.45) is 0 Å². The Morgan fingerprint density at radius 1 is 1.33 bits per heavy atom. The second-order valence-corrected chi connectivity index (χ2v) is 6.66. The standard InChI is InChI=1S/C18H18N2O3S/c1-12-10-24-17(20-12)14-7-5-13(6-8-14)16(21)19-11-18(2,22)15-4-3-9-23-15/h3-10,22H,11H2,1-2H3,(H,19,21). The maximum Gasteiger partial charge on any atom is 0.251 e. The van der Waals surface area contributed by atoms with Gasteiger partial charge in [0.2, 0.25) is 0 Å². The Kier molecular flexibility index (Phi) is 4.51. The van der Waals surface area contributed by atoms with Gasteiger partial charge < -0.3 is 14.8 Å². The largest absolute Gasteiger partial charge is 0.466 e. The van der Waals surface area contributed by atoms with E-state index >= 15 is 0 Å². The first-order chi connectivity index (χ1) is 11.5. The van der Waals surface area contributed by atoms with Crippen molar-refractivity contribution in [2.75, 3.05) is 6.54 Å². The lowest BCUT2D eigenvalue weighted by Crippen LogP contribution is -2.38. The fourth-order valence-corrected chi connectivity index (χ4v) is 3.08. The van der Waals surface area contributed by atoms with Crippen LogP contribution in [0.25, 0.3) is 10.6 Å². The number of hydrogen-bond donors (Lipinski definition) is 2. The lowest BCUT2D eigenvalue weighted by atomic mass is 10.0. The zero-order chi connectivity index (χ0) is 17.2. The molecule has 1 unspecified atom stereocenters. The minimum Gasteiger partial charge on any atom is -0.466 e. The minimum absolute atomic E-state index is 0.0623. The number of carbonyl (C=O) groups is 1. The van der Waals surface area contributed by atoms with E-state index in [4.69, 9.17) is 4.42 Å². The molecule has 0 aliphatic carbocycles. The summed E-state index contributed by atoms with van der Waals surface area (Å²) < 4.78 is 5.20. The number of aryl methyl sites for hydroxylation is 1. The molecule has 2 heterocycles. The molecule has 0 bridgehead atoms. The Morgan fingerprint density at radius 3 is 2.67 bits per heavy atom. The summed E-state index contributed by atoms with van der Waals surface area (Å²) in [5, 5.41) is 16.0. The van der Waals surface area contributed by atoms with Crippen LogP contribution in [0.4, 0.5) is 0 Å². The summed E-state index contributed by atoms with van der Waals surface area (Å²) in [6.07, 6.45) is 1.49. The van der Waals surface area contributed by atoms with E-state index in [-0.39, 0.29) is 12.5 Å². The monoisotopic (exact) mass is 342 g/mol. The van der Waals surface area contributed by atoms with Crippen molar-refractivity contribution in [3.63, 3.8) is 0 Å². The van der Waals surface area contributed by atoms with Crippen LogP contribution in [0.1, 0.15) is 28.7 Å². The highest BCUT2D eigenvalue weighted by molar-refractivity contribution is 7.13. The SMILES string of the molecule is Cc1csc(-c2ccc(C(=O)NCC(C)(O)c3ccco3)cc2)n1. The Labute approximate surface area is 144 Å². The van der Waals surface area contributed by atoms with Gasteiger partial charge in [-0.15, -0.1) is 11.3 Å². The van der Waals surface area contributed by atoms with E-state index in [9.17, 15) is 9.90 Å². The second kappa shape index (κ2) is 6.59. The van der Waals surface area contributed by atoms with Gasteiger partial charge in [0, 0.05) is 22.2 Å². The molecule has 0 spiro atoms. The second-order valence-electron chi connectivity index (χ2n) is 5.81. The number of carbonyl (C=O) groups excluding carboxylic acids is 1. The number of aromatic nitrogens is 1. The van der Waals surface area contributed by atoms with Gasteiger partial charge in [-0.05, 0) is 38.1 Å². The van der Waals surface area contributed by atoms with Gasteiger partial charge in [-0.3, -0.25) is 4.79 Å².